The molecule has 2 rings (SSSR count). The Hall–Kier alpha value is -1.06. The molecule has 0 radical (unpaired) electrons. The molecule has 1 aromatic rings. The zero-order valence-corrected chi connectivity index (χ0v) is 8.99. The van der Waals surface area contributed by atoms with Crippen LogP contribution in [0.1, 0.15) is 17.5 Å². The Morgan fingerprint density at radius 3 is 2.93 bits per heavy atom. The molecule has 0 spiro atoms. The molecule has 0 fully saturated rings. The van der Waals surface area contributed by atoms with Crippen LogP contribution >= 0.6 is 0 Å². The van der Waals surface area contributed by atoms with Crippen LogP contribution in [0.2, 0.25) is 0 Å². The van der Waals surface area contributed by atoms with E-state index in [0.717, 1.165) is 25.0 Å². The van der Waals surface area contributed by atoms with Crippen molar-refractivity contribution in [3.05, 3.63) is 29.3 Å². The SMILES string of the molecule is COc1ccc2c(c1)CC(N)(CO)CC2. The van der Waals surface area contributed by atoms with E-state index < -0.39 is 5.54 Å². The number of aliphatic hydroxyl groups excluding tert-OH is 1. The van der Waals surface area contributed by atoms with E-state index >= 15 is 0 Å². The molecular weight excluding hydrogens is 190 g/mol. The van der Waals surface area contributed by atoms with Gasteiger partial charge < -0.3 is 15.6 Å². The van der Waals surface area contributed by atoms with Gasteiger partial charge in [-0.05, 0) is 42.5 Å². The lowest BCUT2D eigenvalue weighted by Crippen LogP contribution is -2.48. The molecule has 0 saturated carbocycles. The highest BCUT2D eigenvalue weighted by Gasteiger charge is 2.29. The summed E-state index contributed by atoms with van der Waals surface area (Å²) in [6, 6.07) is 6.08. The van der Waals surface area contributed by atoms with Gasteiger partial charge in [0.25, 0.3) is 0 Å². The summed E-state index contributed by atoms with van der Waals surface area (Å²) in [7, 11) is 1.66. The third kappa shape index (κ3) is 1.98. The van der Waals surface area contributed by atoms with Crippen molar-refractivity contribution in [1.82, 2.24) is 0 Å². The summed E-state index contributed by atoms with van der Waals surface area (Å²) in [5, 5.41) is 9.25. The van der Waals surface area contributed by atoms with E-state index in [1.165, 1.54) is 11.1 Å². The van der Waals surface area contributed by atoms with Crippen molar-refractivity contribution < 1.29 is 9.84 Å². The fourth-order valence-corrected chi connectivity index (χ4v) is 2.12. The Morgan fingerprint density at radius 1 is 1.47 bits per heavy atom. The molecule has 3 nitrogen and oxygen atoms in total. The monoisotopic (exact) mass is 207 g/mol. The van der Waals surface area contributed by atoms with Gasteiger partial charge in [0.15, 0.2) is 0 Å². The fourth-order valence-electron chi connectivity index (χ4n) is 2.12. The number of nitrogens with two attached hydrogens (primary N) is 1. The molecule has 1 atom stereocenters. The van der Waals surface area contributed by atoms with Crippen molar-refractivity contribution in [3.8, 4) is 5.75 Å². The van der Waals surface area contributed by atoms with Crippen LogP contribution in [0.25, 0.3) is 0 Å². The second-order valence-corrected chi connectivity index (χ2v) is 4.33. The zero-order chi connectivity index (χ0) is 10.9. The van der Waals surface area contributed by atoms with Crippen molar-refractivity contribution >= 4 is 0 Å². The number of aliphatic hydroxyl groups is 1. The predicted octanol–water partition coefficient (Wildman–Crippen LogP) is 0.874. The van der Waals surface area contributed by atoms with Crippen molar-refractivity contribution in [2.45, 2.75) is 24.8 Å². The second-order valence-electron chi connectivity index (χ2n) is 4.33. The molecule has 0 bridgehead atoms. The van der Waals surface area contributed by atoms with Gasteiger partial charge in [-0.25, -0.2) is 0 Å². The van der Waals surface area contributed by atoms with Crippen molar-refractivity contribution in [3.63, 3.8) is 0 Å². The molecule has 3 N–H and O–H groups in total. The lowest BCUT2D eigenvalue weighted by atomic mass is 9.79. The smallest absolute Gasteiger partial charge is 0.119 e. The normalized spacial score (nSPS) is 24.7. The highest BCUT2D eigenvalue weighted by Crippen LogP contribution is 2.29. The third-order valence-corrected chi connectivity index (χ3v) is 3.16. The Morgan fingerprint density at radius 2 is 2.27 bits per heavy atom. The Balaban J connectivity index is 2.31. The van der Waals surface area contributed by atoms with Crippen LogP contribution in [0.5, 0.6) is 5.75 Å². The van der Waals surface area contributed by atoms with Gasteiger partial charge in [0.05, 0.1) is 13.7 Å². The van der Waals surface area contributed by atoms with Crippen molar-refractivity contribution in [2.24, 2.45) is 5.73 Å². The molecule has 1 aliphatic carbocycles. The van der Waals surface area contributed by atoms with Crippen LogP contribution in [0, 0.1) is 0 Å². The molecule has 0 amide bonds. The number of hydrogen-bond acceptors (Lipinski definition) is 3. The van der Waals surface area contributed by atoms with Gasteiger partial charge >= 0.3 is 0 Å². The predicted molar refractivity (Wildman–Crippen MR) is 59.0 cm³/mol. The maximum Gasteiger partial charge on any atom is 0.119 e. The Bertz CT molecular complexity index is 365. The summed E-state index contributed by atoms with van der Waals surface area (Å²) < 4.78 is 5.18. The van der Waals surface area contributed by atoms with E-state index in [2.05, 4.69) is 6.07 Å². The van der Waals surface area contributed by atoms with E-state index in [1.807, 2.05) is 12.1 Å². The Kier molecular flexibility index (Phi) is 2.67. The van der Waals surface area contributed by atoms with Gasteiger partial charge in [0.1, 0.15) is 5.75 Å². The first-order chi connectivity index (χ1) is 7.17. The molecule has 0 heterocycles. The van der Waals surface area contributed by atoms with Gasteiger partial charge in [0, 0.05) is 5.54 Å². The first kappa shape index (κ1) is 10.5. The lowest BCUT2D eigenvalue weighted by molar-refractivity contribution is 0.181. The van der Waals surface area contributed by atoms with Crippen LogP contribution in [0.4, 0.5) is 0 Å². The summed E-state index contributed by atoms with van der Waals surface area (Å²) in [4.78, 5) is 0. The summed E-state index contributed by atoms with van der Waals surface area (Å²) in [6.45, 7) is 0.0453. The van der Waals surface area contributed by atoms with Crippen LogP contribution < -0.4 is 10.5 Å². The third-order valence-electron chi connectivity index (χ3n) is 3.16. The number of aryl methyl sites for hydroxylation is 1. The number of benzene rings is 1. The largest absolute Gasteiger partial charge is 0.497 e. The maximum absolute atomic E-state index is 9.25. The topological polar surface area (TPSA) is 55.5 Å². The minimum absolute atomic E-state index is 0.0453. The fraction of sp³-hybridized carbons (Fsp3) is 0.500. The summed E-state index contributed by atoms with van der Waals surface area (Å²) >= 11 is 0. The zero-order valence-electron chi connectivity index (χ0n) is 8.99. The van der Waals surface area contributed by atoms with Crippen LogP contribution in [-0.2, 0) is 12.8 Å². The molecule has 3 heteroatoms. The van der Waals surface area contributed by atoms with Gasteiger partial charge in [-0.15, -0.1) is 0 Å². The second kappa shape index (κ2) is 3.83. The standard InChI is InChI=1S/C12H17NO2/c1-15-11-3-2-9-4-5-12(13,8-14)7-10(9)6-11/h2-3,6,14H,4-5,7-8,13H2,1H3. The van der Waals surface area contributed by atoms with Gasteiger partial charge in [0.2, 0.25) is 0 Å². The number of methoxy groups -OCH3 is 1. The molecule has 1 aromatic carbocycles. The molecule has 1 unspecified atom stereocenters. The molecule has 15 heavy (non-hydrogen) atoms. The Labute approximate surface area is 89.9 Å². The van der Waals surface area contributed by atoms with E-state index in [0.29, 0.717) is 0 Å². The molecule has 0 saturated heterocycles. The highest BCUT2D eigenvalue weighted by atomic mass is 16.5. The number of fused-ring (bicyclic) bond motifs is 1. The highest BCUT2D eigenvalue weighted by molar-refractivity contribution is 5.38. The van der Waals surface area contributed by atoms with Crippen LogP contribution in [0.15, 0.2) is 18.2 Å². The first-order valence-electron chi connectivity index (χ1n) is 5.22. The van der Waals surface area contributed by atoms with E-state index in [-0.39, 0.29) is 6.61 Å². The number of ether oxygens (including phenoxy) is 1. The van der Waals surface area contributed by atoms with Crippen LogP contribution in [0.3, 0.4) is 0 Å². The number of hydrogen-bond donors (Lipinski definition) is 2. The minimum atomic E-state index is -0.445. The lowest BCUT2D eigenvalue weighted by Gasteiger charge is -2.33. The molecule has 1 aliphatic rings. The van der Waals surface area contributed by atoms with Gasteiger partial charge in [-0.1, -0.05) is 6.07 Å². The van der Waals surface area contributed by atoms with Gasteiger partial charge in [-0.2, -0.15) is 0 Å². The van der Waals surface area contributed by atoms with E-state index in [4.69, 9.17) is 10.5 Å². The molecule has 0 aromatic heterocycles. The summed E-state index contributed by atoms with van der Waals surface area (Å²) in [5.41, 5.74) is 8.16. The summed E-state index contributed by atoms with van der Waals surface area (Å²) in [5.74, 6) is 0.857. The van der Waals surface area contributed by atoms with Crippen molar-refractivity contribution in [2.75, 3.05) is 13.7 Å². The minimum Gasteiger partial charge on any atom is -0.497 e. The van der Waals surface area contributed by atoms with E-state index in [1.54, 1.807) is 7.11 Å². The molecule has 0 aliphatic heterocycles. The van der Waals surface area contributed by atoms with Crippen LogP contribution in [-0.4, -0.2) is 24.4 Å². The quantitative estimate of drug-likeness (QED) is 0.756. The van der Waals surface area contributed by atoms with E-state index in [9.17, 15) is 5.11 Å². The van der Waals surface area contributed by atoms with Crippen molar-refractivity contribution in [1.29, 1.82) is 0 Å². The first-order valence-corrected chi connectivity index (χ1v) is 5.22. The summed E-state index contributed by atoms with van der Waals surface area (Å²) in [6.07, 6.45) is 2.52. The molecule has 82 valence electrons. The number of rotatable bonds is 2. The van der Waals surface area contributed by atoms with Gasteiger partial charge in [-0.3, -0.25) is 0 Å². The average molecular weight is 207 g/mol. The molecular formula is C12H17NO2. The maximum atomic E-state index is 9.25. The average Bonchev–Trinajstić information content (AvgIpc) is 2.28.